The minimum atomic E-state index is -0.471. The van der Waals surface area contributed by atoms with Crippen molar-refractivity contribution < 1.29 is 19.1 Å². The Labute approximate surface area is 152 Å². The molecule has 3 amide bonds. The summed E-state index contributed by atoms with van der Waals surface area (Å²) in [6.07, 6.45) is 3.46. The van der Waals surface area contributed by atoms with Crippen molar-refractivity contribution in [2.75, 3.05) is 31.1 Å². The van der Waals surface area contributed by atoms with Crippen molar-refractivity contribution in [1.82, 2.24) is 10.2 Å². The number of carbonyl (C=O) groups excluding carboxylic acids is 3. The van der Waals surface area contributed by atoms with Gasteiger partial charge < -0.3 is 19.9 Å². The van der Waals surface area contributed by atoms with Gasteiger partial charge in [-0.3, -0.25) is 14.4 Å². The van der Waals surface area contributed by atoms with Gasteiger partial charge in [0.25, 0.3) is 5.91 Å². The molecule has 0 bridgehead atoms. The van der Waals surface area contributed by atoms with Crippen molar-refractivity contribution in [2.24, 2.45) is 0 Å². The second-order valence-electron chi connectivity index (χ2n) is 7.04. The monoisotopic (exact) mass is 357 g/mol. The highest BCUT2D eigenvalue weighted by Crippen LogP contribution is 2.32. The van der Waals surface area contributed by atoms with E-state index < -0.39 is 6.04 Å². The summed E-state index contributed by atoms with van der Waals surface area (Å²) in [7, 11) is 0. The van der Waals surface area contributed by atoms with Gasteiger partial charge in [-0.1, -0.05) is 12.1 Å². The maximum Gasteiger partial charge on any atom is 0.256 e. The highest BCUT2D eigenvalue weighted by molar-refractivity contribution is 6.12. The Hall–Kier alpha value is -2.41. The molecule has 1 aromatic rings. The molecule has 0 radical (unpaired) electrons. The number of fused-ring (bicyclic) bond motifs is 2. The normalized spacial score (nSPS) is 25.1. The number of benzene rings is 1. The Balaban J connectivity index is 1.55. The third-order valence-corrected chi connectivity index (χ3v) is 5.34. The van der Waals surface area contributed by atoms with E-state index >= 15 is 0 Å². The zero-order valence-corrected chi connectivity index (χ0v) is 14.6. The first-order chi connectivity index (χ1) is 12.6. The molecule has 7 heteroatoms. The number of anilines is 1. The van der Waals surface area contributed by atoms with E-state index in [0.29, 0.717) is 30.8 Å². The summed E-state index contributed by atoms with van der Waals surface area (Å²) in [6.45, 7) is 1.69. The molecule has 0 saturated carbocycles. The van der Waals surface area contributed by atoms with E-state index in [-0.39, 0.29) is 30.4 Å². The topological polar surface area (TPSA) is 79.0 Å². The molecule has 0 aromatic heterocycles. The number of nitrogens with one attached hydrogen (secondary N) is 1. The fourth-order valence-electron chi connectivity index (χ4n) is 4.01. The van der Waals surface area contributed by atoms with Crippen LogP contribution in [0.2, 0.25) is 0 Å². The van der Waals surface area contributed by atoms with Crippen molar-refractivity contribution >= 4 is 23.4 Å². The van der Waals surface area contributed by atoms with Gasteiger partial charge in [0.2, 0.25) is 11.8 Å². The lowest BCUT2D eigenvalue weighted by Crippen LogP contribution is -2.48. The molecule has 3 aliphatic rings. The van der Waals surface area contributed by atoms with Crippen LogP contribution in [0.1, 0.15) is 36.0 Å². The summed E-state index contributed by atoms with van der Waals surface area (Å²) >= 11 is 0. The lowest BCUT2D eigenvalue weighted by molar-refractivity contribution is -0.125. The Bertz CT molecular complexity index is 729. The number of ether oxygens (including phenoxy) is 1. The summed E-state index contributed by atoms with van der Waals surface area (Å²) in [5.41, 5.74) is 1.00. The first-order valence-electron chi connectivity index (χ1n) is 9.25. The minimum Gasteiger partial charge on any atom is -0.376 e. The Morgan fingerprint density at radius 3 is 2.85 bits per heavy atom. The molecule has 0 unspecified atom stereocenters. The van der Waals surface area contributed by atoms with E-state index in [0.717, 1.165) is 25.9 Å². The number of hydrogen-bond acceptors (Lipinski definition) is 4. The van der Waals surface area contributed by atoms with Gasteiger partial charge in [0.1, 0.15) is 12.6 Å². The average Bonchev–Trinajstić information content (AvgIpc) is 3.33. The predicted molar refractivity (Wildman–Crippen MR) is 94.8 cm³/mol. The van der Waals surface area contributed by atoms with E-state index in [1.165, 1.54) is 4.90 Å². The van der Waals surface area contributed by atoms with Crippen LogP contribution in [0.3, 0.4) is 0 Å². The molecule has 1 N–H and O–H groups in total. The third kappa shape index (κ3) is 3.07. The van der Waals surface area contributed by atoms with Gasteiger partial charge in [-0.25, -0.2) is 0 Å². The molecule has 26 heavy (non-hydrogen) atoms. The molecule has 138 valence electrons. The van der Waals surface area contributed by atoms with Gasteiger partial charge in [0.05, 0.1) is 17.4 Å². The smallest absolute Gasteiger partial charge is 0.256 e. The molecule has 0 aliphatic carbocycles. The summed E-state index contributed by atoms with van der Waals surface area (Å²) in [6, 6.07) is 6.56. The van der Waals surface area contributed by atoms with E-state index in [4.69, 9.17) is 4.74 Å². The van der Waals surface area contributed by atoms with Crippen molar-refractivity contribution in [3.63, 3.8) is 0 Å². The molecule has 3 heterocycles. The Kier molecular flexibility index (Phi) is 4.63. The van der Waals surface area contributed by atoms with Crippen LogP contribution in [-0.2, 0) is 14.3 Å². The molecule has 2 fully saturated rings. The highest BCUT2D eigenvalue weighted by Gasteiger charge is 2.42. The van der Waals surface area contributed by atoms with Gasteiger partial charge in [0.15, 0.2) is 0 Å². The average molecular weight is 357 g/mol. The van der Waals surface area contributed by atoms with Gasteiger partial charge in [-0.05, 0) is 37.8 Å². The van der Waals surface area contributed by atoms with Crippen LogP contribution in [0, 0.1) is 0 Å². The van der Waals surface area contributed by atoms with E-state index in [2.05, 4.69) is 5.32 Å². The number of rotatable bonds is 4. The summed E-state index contributed by atoms with van der Waals surface area (Å²) in [5.74, 6) is -0.533. The van der Waals surface area contributed by atoms with Crippen LogP contribution >= 0.6 is 0 Å². The summed E-state index contributed by atoms with van der Waals surface area (Å²) in [4.78, 5) is 41.4. The molecule has 2 atom stereocenters. The van der Waals surface area contributed by atoms with Crippen LogP contribution in [0.4, 0.5) is 5.69 Å². The van der Waals surface area contributed by atoms with Gasteiger partial charge in [-0.15, -0.1) is 0 Å². The largest absolute Gasteiger partial charge is 0.376 e. The molecule has 7 nitrogen and oxygen atoms in total. The SMILES string of the molecule is O=C(CN1C(=O)[C@@H]2CCCN2C(=O)c2ccccc21)NC[C@H]1CCCO1. The molecule has 0 spiro atoms. The lowest BCUT2D eigenvalue weighted by atomic mass is 10.1. The summed E-state index contributed by atoms with van der Waals surface area (Å²) in [5, 5.41) is 2.86. The number of para-hydroxylation sites is 1. The first kappa shape index (κ1) is 17.0. The van der Waals surface area contributed by atoms with E-state index in [1.54, 1.807) is 29.2 Å². The first-order valence-corrected chi connectivity index (χ1v) is 9.25. The molecule has 1 aromatic carbocycles. The quantitative estimate of drug-likeness (QED) is 0.870. The van der Waals surface area contributed by atoms with Crippen molar-refractivity contribution in [2.45, 2.75) is 37.8 Å². The van der Waals surface area contributed by atoms with Crippen molar-refractivity contribution in [3.8, 4) is 0 Å². The third-order valence-electron chi connectivity index (χ3n) is 5.34. The second kappa shape index (κ2) is 7.07. The van der Waals surface area contributed by atoms with Crippen molar-refractivity contribution in [1.29, 1.82) is 0 Å². The second-order valence-corrected chi connectivity index (χ2v) is 7.04. The molecule has 3 aliphatic heterocycles. The lowest BCUT2D eigenvalue weighted by Gasteiger charge is -2.25. The minimum absolute atomic E-state index is 0.0537. The van der Waals surface area contributed by atoms with E-state index in [1.807, 2.05) is 0 Å². The van der Waals surface area contributed by atoms with E-state index in [9.17, 15) is 14.4 Å². The Morgan fingerprint density at radius 2 is 2.04 bits per heavy atom. The van der Waals surface area contributed by atoms with Crippen LogP contribution < -0.4 is 10.2 Å². The van der Waals surface area contributed by atoms with Gasteiger partial charge >= 0.3 is 0 Å². The Morgan fingerprint density at radius 1 is 1.19 bits per heavy atom. The van der Waals surface area contributed by atoms with Crippen LogP contribution in [0.25, 0.3) is 0 Å². The zero-order chi connectivity index (χ0) is 18.1. The van der Waals surface area contributed by atoms with Crippen LogP contribution in [0.5, 0.6) is 0 Å². The molecule has 4 rings (SSSR count). The number of amides is 3. The maximum absolute atomic E-state index is 13.1. The summed E-state index contributed by atoms with van der Waals surface area (Å²) < 4.78 is 5.51. The zero-order valence-electron chi connectivity index (χ0n) is 14.6. The van der Waals surface area contributed by atoms with Crippen molar-refractivity contribution in [3.05, 3.63) is 29.8 Å². The fraction of sp³-hybridized carbons (Fsp3) is 0.526. The number of carbonyl (C=O) groups is 3. The van der Waals surface area contributed by atoms with Gasteiger partial charge in [0, 0.05) is 19.7 Å². The highest BCUT2D eigenvalue weighted by atomic mass is 16.5. The van der Waals surface area contributed by atoms with Gasteiger partial charge in [-0.2, -0.15) is 0 Å². The van der Waals surface area contributed by atoms with Crippen LogP contribution in [-0.4, -0.2) is 61.0 Å². The maximum atomic E-state index is 13.1. The molecular weight excluding hydrogens is 334 g/mol. The predicted octanol–water partition coefficient (Wildman–Crippen LogP) is 0.933. The standard InChI is InChI=1S/C19H23N3O4/c23-17(20-11-13-5-4-10-26-13)12-22-15-7-2-1-6-14(15)18(24)21-9-3-8-16(21)19(22)25/h1-2,6-7,13,16H,3-5,8-12H2,(H,20,23)/t13-,16+/m1/s1. The molecule has 2 saturated heterocycles. The molecular formula is C19H23N3O4. The number of nitrogens with zero attached hydrogens (tertiary/aromatic N) is 2. The number of hydrogen-bond donors (Lipinski definition) is 1. The fourth-order valence-corrected chi connectivity index (χ4v) is 4.01. The van der Waals surface area contributed by atoms with Crippen LogP contribution in [0.15, 0.2) is 24.3 Å².